The van der Waals surface area contributed by atoms with Gasteiger partial charge in [-0.05, 0) is 128 Å². The molecule has 3 aliphatic rings. The van der Waals surface area contributed by atoms with E-state index in [1.165, 1.54) is 48.5 Å². The Morgan fingerprint density at radius 1 is 0.604 bits per heavy atom. The van der Waals surface area contributed by atoms with Gasteiger partial charge < -0.3 is 9.80 Å². The molecule has 3 heterocycles. The van der Waals surface area contributed by atoms with Gasteiger partial charge in [-0.2, -0.15) is 11.3 Å². The lowest BCUT2D eigenvalue weighted by Crippen LogP contribution is -2.61. The Bertz CT molecular complexity index is 2360. The van der Waals surface area contributed by atoms with E-state index < -0.39 is 6.85 Å². The second-order valence-electron chi connectivity index (χ2n) is 20.4. The number of anilines is 6. The summed E-state index contributed by atoms with van der Waals surface area (Å²) in [6, 6.07) is 29.0. The average molecular weight is 722 g/mol. The largest absolute Gasteiger partial charge is 0.311 e. The second-order valence-corrected chi connectivity index (χ2v) is 21.5. The Morgan fingerprint density at radius 3 is 1.62 bits per heavy atom. The van der Waals surface area contributed by atoms with Crippen LogP contribution in [0.3, 0.4) is 0 Å². The number of nitrogens with zero attached hydrogens (tertiary/aromatic N) is 2. The van der Waals surface area contributed by atoms with E-state index in [9.17, 15) is 0 Å². The molecule has 2 aliphatic heterocycles. The highest BCUT2D eigenvalue weighted by atomic mass is 32.1. The number of hydrogen-bond donors (Lipinski definition) is 0. The Morgan fingerprint density at radius 2 is 1.09 bits per heavy atom. The first-order chi connectivity index (χ1) is 25.8. The summed E-state index contributed by atoms with van der Waals surface area (Å²) in [6.07, 6.45) is 2.22. The number of benzene rings is 4. The third-order valence-electron chi connectivity index (χ3n) is 12.4. The van der Waals surface area contributed by atoms with E-state index in [0.29, 0.717) is 5.56 Å². The first-order valence-electron chi connectivity index (χ1n) is 21.1. The molecule has 274 valence electrons. The molecule has 0 saturated heterocycles. The molecule has 0 unspecified atom stereocenters. The Kier molecular flexibility index (Phi) is 7.16. The third kappa shape index (κ3) is 5.73. The topological polar surface area (TPSA) is 6.48 Å². The minimum Gasteiger partial charge on any atom is -0.311 e. The minimum atomic E-state index is -2.31. The molecule has 0 bridgehead atoms. The zero-order valence-corrected chi connectivity index (χ0v) is 35.1. The fourth-order valence-corrected chi connectivity index (χ4v) is 10.7. The highest BCUT2D eigenvalue weighted by molar-refractivity contribution is 7.29. The molecule has 8 rings (SSSR count). The number of aryl methyl sites for hydroxylation is 1. The van der Waals surface area contributed by atoms with Gasteiger partial charge in [-0.25, -0.2) is 0 Å². The summed E-state index contributed by atoms with van der Waals surface area (Å²) in [5.74, 6) is 0. The zero-order valence-electron chi connectivity index (χ0n) is 37.3. The lowest BCUT2D eigenvalue weighted by Gasteiger charge is -2.45. The second kappa shape index (κ2) is 11.6. The number of fused-ring (bicyclic) bond motifs is 6. The summed E-state index contributed by atoms with van der Waals surface area (Å²) in [4.78, 5) is 6.28. The summed E-state index contributed by atoms with van der Waals surface area (Å²) >= 11 is 2.01. The fourth-order valence-electron chi connectivity index (χ4n) is 9.02. The van der Waals surface area contributed by atoms with Crippen LogP contribution in [0.4, 0.5) is 34.1 Å². The van der Waals surface area contributed by atoms with Crippen LogP contribution in [0.1, 0.15) is 140 Å². The molecule has 0 fully saturated rings. The Labute approximate surface area is 329 Å². The first-order valence-corrected chi connectivity index (χ1v) is 20.4. The summed E-state index contributed by atoms with van der Waals surface area (Å²) in [5, 5.41) is 0. The molecular weight excluding hydrogens is 659 g/mol. The summed E-state index contributed by atoms with van der Waals surface area (Å²) in [6.45, 7) is 27.7. The maximum Gasteiger partial charge on any atom is 0.264 e. The predicted octanol–water partition coefficient (Wildman–Crippen LogP) is 12.4. The van der Waals surface area contributed by atoms with Crippen LogP contribution in [-0.2, 0) is 27.1 Å². The number of thiophene rings is 1. The highest BCUT2D eigenvalue weighted by Gasteiger charge is 2.50. The van der Waals surface area contributed by atoms with Crippen molar-refractivity contribution in [3.8, 4) is 0 Å². The molecule has 0 N–H and O–H groups in total. The van der Waals surface area contributed by atoms with Crippen molar-refractivity contribution < 1.29 is 4.11 Å². The van der Waals surface area contributed by atoms with Crippen LogP contribution in [0.5, 0.6) is 0 Å². The molecule has 0 spiro atoms. The average Bonchev–Trinajstić information content (AvgIpc) is 3.51. The first kappa shape index (κ1) is 32.7. The van der Waals surface area contributed by atoms with E-state index >= 15 is 0 Å². The summed E-state index contributed by atoms with van der Waals surface area (Å²) in [7, 11) is 0. The predicted molar refractivity (Wildman–Crippen MR) is 234 cm³/mol. The molecule has 0 saturated carbocycles. The van der Waals surface area contributed by atoms with Crippen molar-refractivity contribution in [1.82, 2.24) is 0 Å². The van der Waals surface area contributed by atoms with Crippen molar-refractivity contribution in [3.05, 3.63) is 112 Å². The summed E-state index contributed by atoms with van der Waals surface area (Å²) < 4.78 is 28.0. The van der Waals surface area contributed by atoms with E-state index in [-0.39, 0.29) is 33.8 Å². The maximum absolute atomic E-state index is 8.89. The Hall–Kier alpha value is -3.76. The standard InChI is InChI=1S/C49H59BN2S/c1-30-27-38-41-39(28-30)52(35-22-17-32(18-23-35)46(5,6)7)42-40-43(49(13,14)26-25-48(40,11)12)53-44(42)50(41)36-29-33(47(8,9)10)19-24-37(36)51(38)34-20-15-31(16-21-34)45(2,3)4/h15-24,27-29H,25-26H2,1-14H3/i1D3. The minimum absolute atomic E-state index is 0.00208. The molecule has 4 heteroatoms. The van der Waals surface area contributed by atoms with Gasteiger partial charge in [-0.1, -0.05) is 126 Å². The maximum atomic E-state index is 8.89. The van der Waals surface area contributed by atoms with E-state index in [0.717, 1.165) is 41.3 Å². The highest BCUT2D eigenvalue weighted by Crippen LogP contribution is 2.56. The van der Waals surface area contributed by atoms with Crippen molar-refractivity contribution in [2.24, 2.45) is 0 Å². The van der Waals surface area contributed by atoms with Crippen molar-refractivity contribution in [2.75, 3.05) is 9.80 Å². The fraction of sp³-hybridized carbons (Fsp3) is 0.429. The molecule has 0 radical (unpaired) electrons. The number of hydrogen-bond acceptors (Lipinski definition) is 3. The van der Waals surface area contributed by atoms with Crippen LogP contribution in [0.2, 0.25) is 0 Å². The van der Waals surface area contributed by atoms with Gasteiger partial charge in [0, 0.05) is 42.2 Å². The van der Waals surface area contributed by atoms with Gasteiger partial charge in [0.25, 0.3) is 6.71 Å². The molecule has 53 heavy (non-hydrogen) atoms. The third-order valence-corrected chi connectivity index (χ3v) is 14.0. The smallest absolute Gasteiger partial charge is 0.264 e. The van der Waals surface area contributed by atoms with Gasteiger partial charge in [0.2, 0.25) is 0 Å². The van der Waals surface area contributed by atoms with Crippen LogP contribution in [-0.4, -0.2) is 6.71 Å². The van der Waals surface area contributed by atoms with Gasteiger partial charge in [-0.3, -0.25) is 0 Å². The van der Waals surface area contributed by atoms with E-state index in [4.69, 9.17) is 4.11 Å². The lowest BCUT2D eigenvalue weighted by atomic mass is 9.35. The SMILES string of the molecule is [2H]C([2H])([2H])c1cc2c3c(c1)N(c1ccc(C(C)(C)C)cc1)c1c(sc4c1C(C)(C)CCC4(C)C)B3c1cc(C(C)(C)C)ccc1N2c1ccc(C(C)(C)C)cc1. The Balaban J connectivity index is 1.53. The van der Waals surface area contributed by atoms with Crippen LogP contribution < -0.4 is 25.5 Å². The molecule has 1 aliphatic carbocycles. The van der Waals surface area contributed by atoms with Crippen LogP contribution in [0.25, 0.3) is 0 Å². The molecule has 4 aromatic carbocycles. The van der Waals surface area contributed by atoms with E-state index in [2.05, 4.69) is 167 Å². The number of rotatable bonds is 2. The molecule has 5 aromatic rings. The quantitative estimate of drug-likeness (QED) is 0.164. The van der Waals surface area contributed by atoms with Crippen molar-refractivity contribution >= 4 is 67.9 Å². The molecular formula is C49H59BN2S. The van der Waals surface area contributed by atoms with Crippen molar-refractivity contribution in [1.29, 1.82) is 0 Å². The normalized spacial score (nSPS) is 18.4. The van der Waals surface area contributed by atoms with Gasteiger partial charge in [0.1, 0.15) is 0 Å². The van der Waals surface area contributed by atoms with E-state index in [1.807, 2.05) is 23.5 Å². The van der Waals surface area contributed by atoms with Crippen molar-refractivity contribution in [2.45, 2.75) is 137 Å². The molecule has 0 amide bonds. The monoisotopic (exact) mass is 721 g/mol. The van der Waals surface area contributed by atoms with Crippen LogP contribution >= 0.6 is 11.3 Å². The van der Waals surface area contributed by atoms with Crippen LogP contribution in [0, 0.1) is 6.85 Å². The zero-order chi connectivity index (χ0) is 40.7. The molecule has 0 atom stereocenters. The van der Waals surface area contributed by atoms with E-state index in [1.54, 1.807) is 0 Å². The molecule has 1 aromatic heterocycles. The van der Waals surface area contributed by atoms with Crippen molar-refractivity contribution in [3.63, 3.8) is 0 Å². The van der Waals surface area contributed by atoms with Gasteiger partial charge >= 0.3 is 0 Å². The van der Waals surface area contributed by atoms with Crippen LogP contribution in [0.15, 0.2) is 78.9 Å². The van der Waals surface area contributed by atoms with Gasteiger partial charge in [-0.15, -0.1) is 0 Å². The summed E-state index contributed by atoms with van der Waals surface area (Å²) in [5.41, 5.74) is 14.4. The van der Waals surface area contributed by atoms with Gasteiger partial charge in [0.05, 0.1) is 5.69 Å². The van der Waals surface area contributed by atoms with Gasteiger partial charge in [0.15, 0.2) is 0 Å². The lowest BCUT2D eigenvalue weighted by molar-refractivity contribution is 0.339. The molecule has 2 nitrogen and oxygen atoms in total.